The van der Waals surface area contributed by atoms with Gasteiger partial charge in [-0.25, -0.2) is 0 Å². The van der Waals surface area contributed by atoms with Crippen LogP contribution in [0.15, 0.2) is 0 Å². The third-order valence-corrected chi connectivity index (χ3v) is 8.74. The predicted molar refractivity (Wildman–Crippen MR) is 207 cm³/mol. The van der Waals surface area contributed by atoms with Crippen LogP contribution in [0.4, 0.5) is 0 Å². The lowest BCUT2D eigenvalue weighted by Gasteiger charge is -2.26. The van der Waals surface area contributed by atoms with Crippen molar-refractivity contribution in [3.05, 3.63) is 0 Å². The maximum absolute atomic E-state index is 13.1. The fraction of sp³-hybridized carbons (Fsp3) is 0.974. The zero-order valence-electron chi connectivity index (χ0n) is 33.7. The van der Waals surface area contributed by atoms with E-state index in [-0.39, 0.29) is 72.0 Å². The van der Waals surface area contributed by atoms with Crippen LogP contribution >= 0.6 is 0 Å². The largest absolute Gasteiger partial charge is 0.394 e. The van der Waals surface area contributed by atoms with E-state index in [4.69, 9.17) is 48.8 Å². The van der Waals surface area contributed by atoms with Crippen LogP contribution in [0.1, 0.15) is 110 Å². The Hall–Kier alpha value is -1.09. The molecule has 0 aromatic rings. The molecule has 0 heterocycles. The Balaban J connectivity index is 5.12. The van der Waals surface area contributed by atoms with Gasteiger partial charge in [-0.15, -0.1) is 0 Å². The second-order valence-electron chi connectivity index (χ2n) is 14.4. The molecule has 0 fully saturated rings. The van der Waals surface area contributed by atoms with Crippen molar-refractivity contribution in [2.24, 2.45) is 0 Å². The summed E-state index contributed by atoms with van der Waals surface area (Å²) in [6.45, 7) is -0.592. The number of aliphatic hydroxyl groups excluding tert-OH is 8. The van der Waals surface area contributed by atoms with E-state index in [1.807, 2.05) is 0 Å². The smallest absolute Gasteiger partial charge is 0.220 e. The molecule has 4 atom stereocenters. The summed E-state index contributed by atoms with van der Waals surface area (Å²) in [4.78, 5) is 13.1. The summed E-state index contributed by atoms with van der Waals surface area (Å²) in [7, 11) is 0. The van der Waals surface area contributed by atoms with Crippen LogP contribution < -0.4 is 5.32 Å². The molecule has 0 aliphatic rings. The molecule has 0 saturated heterocycles. The fourth-order valence-electron chi connectivity index (χ4n) is 5.43. The van der Waals surface area contributed by atoms with Gasteiger partial charge in [-0.2, -0.15) is 0 Å². The number of amides is 1. The SMILES string of the molecule is CCCCCCCCCCCCCCCCCC(=O)NC(COC(COCC(O)CO)COCC(O)CO)COC(COCC(O)CO)COCC(O)CO. The number of hydrogen-bond acceptors (Lipinski definition) is 15. The molecular formula is C39H79NO15. The van der Waals surface area contributed by atoms with Crippen LogP contribution in [-0.4, -0.2) is 182 Å². The zero-order chi connectivity index (χ0) is 40.8. The second-order valence-corrected chi connectivity index (χ2v) is 14.4. The lowest BCUT2D eigenvalue weighted by atomic mass is 10.0. The number of carbonyl (C=O) groups excluding carboxylic acids is 1. The maximum atomic E-state index is 13.1. The molecule has 16 heteroatoms. The molecule has 0 bridgehead atoms. The Bertz CT molecular complexity index is 745. The van der Waals surface area contributed by atoms with Crippen molar-refractivity contribution < 1.29 is 74.1 Å². The Morgan fingerprint density at radius 2 is 0.727 bits per heavy atom. The minimum absolute atomic E-state index is 0.0440. The van der Waals surface area contributed by atoms with Crippen LogP contribution in [0.5, 0.6) is 0 Å². The number of hydrogen-bond donors (Lipinski definition) is 9. The molecule has 330 valence electrons. The van der Waals surface area contributed by atoms with Crippen molar-refractivity contribution in [2.75, 3.05) is 92.5 Å². The van der Waals surface area contributed by atoms with E-state index < -0.39 is 69.1 Å². The Kier molecular flexibility index (Phi) is 38.9. The molecule has 0 saturated carbocycles. The second kappa shape index (κ2) is 39.7. The quantitative estimate of drug-likeness (QED) is 0.0390. The van der Waals surface area contributed by atoms with Crippen LogP contribution in [-0.2, 0) is 33.2 Å². The van der Waals surface area contributed by atoms with Crippen molar-refractivity contribution in [2.45, 2.75) is 152 Å². The Labute approximate surface area is 329 Å². The van der Waals surface area contributed by atoms with E-state index in [0.29, 0.717) is 6.42 Å². The first-order valence-electron chi connectivity index (χ1n) is 20.7. The van der Waals surface area contributed by atoms with Gasteiger partial charge in [-0.1, -0.05) is 96.8 Å². The van der Waals surface area contributed by atoms with Crippen molar-refractivity contribution in [1.82, 2.24) is 5.32 Å². The lowest BCUT2D eigenvalue weighted by molar-refractivity contribution is -0.127. The van der Waals surface area contributed by atoms with E-state index in [2.05, 4.69) is 12.2 Å². The lowest BCUT2D eigenvalue weighted by Crippen LogP contribution is -2.45. The zero-order valence-corrected chi connectivity index (χ0v) is 33.7. The number of aliphatic hydroxyl groups is 8. The van der Waals surface area contributed by atoms with Gasteiger partial charge < -0.3 is 74.6 Å². The molecule has 0 rings (SSSR count). The molecular weight excluding hydrogens is 722 g/mol. The van der Waals surface area contributed by atoms with Gasteiger partial charge >= 0.3 is 0 Å². The monoisotopic (exact) mass is 802 g/mol. The summed E-state index contributed by atoms with van der Waals surface area (Å²) in [5.41, 5.74) is 0. The topological polar surface area (TPSA) is 246 Å². The highest BCUT2D eigenvalue weighted by Crippen LogP contribution is 2.14. The number of unbranched alkanes of at least 4 members (excludes halogenated alkanes) is 14. The highest BCUT2D eigenvalue weighted by molar-refractivity contribution is 5.76. The molecule has 0 aromatic heterocycles. The summed E-state index contributed by atoms with van der Waals surface area (Å²) in [6, 6.07) is -0.661. The third kappa shape index (κ3) is 35.8. The average molecular weight is 802 g/mol. The Morgan fingerprint density at radius 1 is 0.436 bits per heavy atom. The first-order valence-corrected chi connectivity index (χ1v) is 20.7. The third-order valence-electron chi connectivity index (χ3n) is 8.74. The maximum Gasteiger partial charge on any atom is 0.220 e. The van der Waals surface area contributed by atoms with E-state index in [1.54, 1.807) is 0 Å². The van der Waals surface area contributed by atoms with Crippen LogP contribution in [0.3, 0.4) is 0 Å². The first-order chi connectivity index (χ1) is 26.7. The normalized spacial score (nSPS) is 15.7. The molecule has 1 amide bonds. The summed E-state index contributed by atoms with van der Waals surface area (Å²) >= 11 is 0. The first kappa shape index (κ1) is 53.9. The predicted octanol–water partition coefficient (Wildman–Crippen LogP) is 0.982. The molecule has 0 aromatic carbocycles. The molecule has 0 aliphatic heterocycles. The summed E-state index contributed by atoms with van der Waals surface area (Å²) in [5.74, 6) is -0.186. The fourth-order valence-corrected chi connectivity index (χ4v) is 5.43. The highest BCUT2D eigenvalue weighted by atomic mass is 16.6. The number of carbonyl (C=O) groups is 1. The molecule has 4 unspecified atom stereocenters. The molecule has 9 N–H and O–H groups in total. The van der Waals surface area contributed by atoms with Crippen molar-refractivity contribution >= 4 is 5.91 Å². The van der Waals surface area contributed by atoms with Gasteiger partial charge in [0.25, 0.3) is 0 Å². The van der Waals surface area contributed by atoms with E-state index >= 15 is 0 Å². The standard InChI is InChI=1S/C39H79NO15/c1-2-3-4-5-6-7-8-9-10-11-12-13-14-15-16-17-39(49)40-32(22-54-37(28-50-24-33(45)18-41)29-51-25-34(46)19-42)23-55-38(30-52-26-35(47)20-43)31-53-27-36(48)21-44/h32-38,41-48H,2-31H2,1H3,(H,40,49). The minimum Gasteiger partial charge on any atom is -0.394 e. The van der Waals surface area contributed by atoms with Crippen molar-refractivity contribution in [1.29, 1.82) is 0 Å². The van der Waals surface area contributed by atoms with Gasteiger partial charge in [0.15, 0.2) is 0 Å². The van der Waals surface area contributed by atoms with E-state index in [9.17, 15) is 25.2 Å². The summed E-state index contributed by atoms with van der Waals surface area (Å²) in [5, 5.41) is 78.0. The van der Waals surface area contributed by atoms with Gasteiger partial charge in [0.1, 0.15) is 36.6 Å². The van der Waals surface area contributed by atoms with Crippen LogP contribution in [0, 0.1) is 0 Å². The Morgan fingerprint density at radius 3 is 1.02 bits per heavy atom. The van der Waals surface area contributed by atoms with Gasteiger partial charge in [-0.3, -0.25) is 4.79 Å². The molecule has 0 aliphatic carbocycles. The minimum atomic E-state index is -1.09. The van der Waals surface area contributed by atoms with Crippen LogP contribution in [0.25, 0.3) is 0 Å². The number of nitrogens with one attached hydrogen (secondary N) is 1. The van der Waals surface area contributed by atoms with E-state index in [1.165, 1.54) is 70.6 Å². The van der Waals surface area contributed by atoms with Crippen molar-refractivity contribution in [3.8, 4) is 0 Å². The van der Waals surface area contributed by atoms with Gasteiger partial charge in [0, 0.05) is 6.42 Å². The number of ether oxygens (including phenoxy) is 6. The summed E-state index contributed by atoms with van der Waals surface area (Å²) in [6.07, 6.45) is 12.9. The molecule has 55 heavy (non-hydrogen) atoms. The highest BCUT2D eigenvalue weighted by Gasteiger charge is 2.21. The number of rotatable bonds is 43. The van der Waals surface area contributed by atoms with Gasteiger partial charge in [0.05, 0.1) is 98.5 Å². The molecule has 0 spiro atoms. The molecule has 0 radical (unpaired) electrons. The van der Waals surface area contributed by atoms with Crippen molar-refractivity contribution in [3.63, 3.8) is 0 Å². The van der Waals surface area contributed by atoms with Gasteiger partial charge in [0.2, 0.25) is 5.91 Å². The van der Waals surface area contributed by atoms with Crippen LogP contribution in [0.2, 0.25) is 0 Å². The van der Waals surface area contributed by atoms with E-state index in [0.717, 1.165) is 25.7 Å². The summed E-state index contributed by atoms with van der Waals surface area (Å²) < 4.78 is 34.0. The van der Waals surface area contributed by atoms with Gasteiger partial charge in [-0.05, 0) is 6.42 Å². The molecule has 16 nitrogen and oxygen atoms in total. The average Bonchev–Trinajstić information content (AvgIpc) is 3.19.